The van der Waals surface area contributed by atoms with Gasteiger partial charge in [0.05, 0.1) is 24.0 Å². The molecule has 1 atom stereocenters. The van der Waals surface area contributed by atoms with Gasteiger partial charge >= 0.3 is 12.1 Å². The van der Waals surface area contributed by atoms with Crippen molar-refractivity contribution in [2.75, 3.05) is 29.6 Å². The highest BCUT2D eigenvalue weighted by atomic mass is 32.2. The van der Waals surface area contributed by atoms with Gasteiger partial charge in [-0.3, -0.25) is 9.59 Å². The fraction of sp³-hybridized carbons (Fsp3) is 0.800. The van der Waals surface area contributed by atoms with Crippen LogP contribution in [0.15, 0.2) is 0 Å². The molecule has 0 aromatic rings. The van der Waals surface area contributed by atoms with Crippen LogP contribution in [0.2, 0.25) is 0 Å². The molecule has 4 nitrogen and oxygen atoms in total. The monoisotopic (exact) mass is 317 g/mol. The molecule has 1 aliphatic rings. The molecule has 1 N–H and O–H groups in total. The van der Waals surface area contributed by atoms with Crippen molar-refractivity contribution < 1.29 is 27.9 Å². The minimum absolute atomic E-state index is 0.164. The standard InChI is InChI=1S/C10H14F3NO3S2/c11-10(12,13)6-19-5-8(15)14-1-2-18-4-7(14)3-9(16)17/h7H,1-6H2,(H,16,17). The van der Waals surface area contributed by atoms with Crippen LogP contribution in [0.3, 0.4) is 0 Å². The largest absolute Gasteiger partial charge is 0.481 e. The summed E-state index contributed by atoms with van der Waals surface area (Å²) in [5.74, 6) is -1.55. The summed E-state index contributed by atoms with van der Waals surface area (Å²) in [6.45, 7) is 0.397. The number of nitrogens with zero attached hydrogens (tertiary/aromatic N) is 1. The summed E-state index contributed by atoms with van der Waals surface area (Å²) in [5, 5.41) is 8.75. The molecule has 1 rings (SSSR count). The molecule has 0 bridgehead atoms. The lowest BCUT2D eigenvalue weighted by Gasteiger charge is -2.34. The highest BCUT2D eigenvalue weighted by Gasteiger charge is 2.31. The first-order valence-electron chi connectivity index (χ1n) is 5.53. The lowest BCUT2D eigenvalue weighted by molar-refractivity contribution is -0.139. The van der Waals surface area contributed by atoms with Gasteiger partial charge in [-0.05, 0) is 0 Å². The summed E-state index contributed by atoms with van der Waals surface area (Å²) in [6.07, 6.45) is -4.45. The molecule has 1 heterocycles. The van der Waals surface area contributed by atoms with Crippen LogP contribution in [0.5, 0.6) is 0 Å². The van der Waals surface area contributed by atoms with Crippen molar-refractivity contribution in [3.8, 4) is 0 Å². The average Bonchev–Trinajstić information content (AvgIpc) is 2.27. The number of hydrogen-bond acceptors (Lipinski definition) is 4. The van der Waals surface area contributed by atoms with E-state index in [0.29, 0.717) is 29.8 Å². The molecule has 0 radical (unpaired) electrons. The summed E-state index contributed by atoms with van der Waals surface area (Å²) < 4.78 is 35.9. The van der Waals surface area contributed by atoms with Gasteiger partial charge in [0.2, 0.25) is 5.91 Å². The van der Waals surface area contributed by atoms with Crippen molar-refractivity contribution in [1.29, 1.82) is 0 Å². The number of aliphatic carboxylic acids is 1. The lowest BCUT2D eigenvalue weighted by atomic mass is 10.2. The van der Waals surface area contributed by atoms with Crippen LogP contribution in [0, 0.1) is 0 Å². The number of halogens is 3. The molecule has 0 aromatic heterocycles. The Morgan fingerprint density at radius 1 is 1.42 bits per heavy atom. The van der Waals surface area contributed by atoms with Crippen LogP contribution in [0.1, 0.15) is 6.42 Å². The van der Waals surface area contributed by atoms with Gasteiger partial charge in [0.1, 0.15) is 0 Å². The van der Waals surface area contributed by atoms with Crippen molar-refractivity contribution in [2.24, 2.45) is 0 Å². The minimum atomic E-state index is -4.29. The number of carbonyl (C=O) groups is 2. The van der Waals surface area contributed by atoms with E-state index in [1.54, 1.807) is 11.8 Å². The van der Waals surface area contributed by atoms with Crippen molar-refractivity contribution >= 4 is 35.4 Å². The zero-order valence-electron chi connectivity index (χ0n) is 9.98. The number of carbonyl (C=O) groups excluding carboxylic acids is 1. The summed E-state index contributed by atoms with van der Waals surface area (Å²) in [6, 6.07) is -0.421. The molecule has 0 saturated carbocycles. The molecule has 9 heteroatoms. The van der Waals surface area contributed by atoms with Gasteiger partial charge in [-0.25, -0.2) is 0 Å². The van der Waals surface area contributed by atoms with Gasteiger partial charge in [-0.1, -0.05) is 0 Å². The Kier molecular flexibility index (Phi) is 6.31. The number of rotatable bonds is 5. The maximum atomic E-state index is 12.0. The Morgan fingerprint density at radius 2 is 2.11 bits per heavy atom. The smallest absolute Gasteiger partial charge is 0.397 e. The van der Waals surface area contributed by atoms with Crippen LogP contribution in [-0.2, 0) is 9.59 Å². The van der Waals surface area contributed by atoms with Crippen LogP contribution >= 0.6 is 23.5 Å². The molecule has 110 valence electrons. The Bertz CT molecular complexity index is 338. The third-order valence-corrected chi connectivity index (χ3v) is 4.52. The van der Waals surface area contributed by atoms with Crippen LogP contribution in [0.4, 0.5) is 13.2 Å². The van der Waals surface area contributed by atoms with Gasteiger partial charge in [0.15, 0.2) is 0 Å². The minimum Gasteiger partial charge on any atom is -0.481 e. The van der Waals surface area contributed by atoms with Crippen molar-refractivity contribution in [3.63, 3.8) is 0 Å². The van der Waals surface area contributed by atoms with E-state index in [-0.39, 0.29) is 12.2 Å². The summed E-state index contributed by atoms with van der Waals surface area (Å²) >= 11 is 2.06. The second kappa shape index (κ2) is 7.28. The maximum Gasteiger partial charge on any atom is 0.397 e. The topological polar surface area (TPSA) is 57.6 Å². The van der Waals surface area contributed by atoms with Crippen LogP contribution in [0.25, 0.3) is 0 Å². The molecule has 1 saturated heterocycles. The van der Waals surface area contributed by atoms with E-state index in [1.165, 1.54) is 4.90 Å². The quantitative estimate of drug-likeness (QED) is 0.836. The van der Waals surface area contributed by atoms with Crippen LogP contribution < -0.4 is 0 Å². The first-order chi connectivity index (χ1) is 8.79. The molecule has 0 aliphatic carbocycles. The number of carboxylic acid groups (broad SMARTS) is 1. The number of hydrogen-bond donors (Lipinski definition) is 1. The molecule has 0 aromatic carbocycles. The molecule has 19 heavy (non-hydrogen) atoms. The summed E-state index contributed by atoms with van der Waals surface area (Å²) in [4.78, 5) is 23.9. The molecule has 1 amide bonds. The molecule has 1 aliphatic heterocycles. The second-order valence-electron chi connectivity index (χ2n) is 4.02. The first-order valence-corrected chi connectivity index (χ1v) is 7.84. The van der Waals surface area contributed by atoms with Gasteiger partial charge in [-0.2, -0.15) is 24.9 Å². The van der Waals surface area contributed by atoms with Gasteiger partial charge in [0.25, 0.3) is 0 Å². The van der Waals surface area contributed by atoms with Crippen LogP contribution in [-0.4, -0.2) is 63.7 Å². The Labute approximate surface area is 117 Å². The van der Waals surface area contributed by atoms with Gasteiger partial charge in [-0.15, -0.1) is 11.8 Å². The second-order valence-corrected chi connectivity index (χ2v) is 6.16. The molecule has 1 unspecified atom stereocenters. The fourth-order valence-electron chi connectivity index (χ4n) is 1.69. The highest BCUT2D eigenvalue weighted by Crippen LogP contribution is 2.23. The van der Waals surface area contributed by atoms with Crippen molar-refractivity contribution in [1.82, 2.24) is 4.90 Å². The molecule has 1 fully saturated rings. The molecular formula is C10H14F3NO3S2. The van der Waals surface area contributed by atoms with E-state index >= 15 is 0 Å². The average molecular weight is 317 g/mol. The van der Waals surface area contributed by atoms with E-state index in [0.717, 1.165) is 0 Å². The Hall–Kier alpha value is -0.570. The lowest BCUT2D eigenvalue weighted by Crippen LogP contribution is -2.48. The predicted molar refractivity (Wildman–Crippen MR) is 68.5 cm³/mol. The first kappa shape index (κ1) is 16.5. The third kappa shape index (κ3) is 6.42. The SMILES string of the molecule is O=C(O)CC1CSCCN1C(=O)CSCC(F)(F)F. The zero-order valence-corrected chi connectivity index (χ0v) is 11.6. The summed E-state index contributed by atoms with van der Waals surface area (Å²) in [7, 11) is 0. The van der Waals surface area contributed by atoms with E-state index in [1.807, 2.05) is 0 Å². The number of alkyl halides is 3. The normalized spacial score (nSPS) is 20.4. The van der Waals surface area contributed by atoms with E-state index < -0.39 is 29.8 Å². The number of amides is 1. The maximum absolute atomic E-state index is 12.0. The Balaban J connectivity index is 2.45. The van der Waals surface area contributed by atoms with E-state index in [2.05, 4.69) is 0 Å². The van der Waals surface area contributed by atoms with E-state index in [9.17, 15) is 22.8 Å². The van der Waals surface area contributed by atoms with E-state index in [4.69, 9.17) is 5.11 Å². The van der Waals surface area contributed by atoms with Crippen molar-refractivity contribution in [3.05, 3.63) is 0 Å². The number of carboxylic acids is 1. The third-order valence-electron chi connectivity index (χ3n) is 2.45. The summed E-state index contributed by atoms with van der Waals surface area (Å²) in [5.41, 5.74) is 0. The molecule has 0 spiro atoms. The Morgan fingerprint density at radius 3 is 2.68 bits per heavy atom. The zero-order chi connectivity index (χ0) is 14.5. The van der Waals surface area contributed by atoms with Gasteiger partial charge < -0.3 is 10.0 Å². The number of thioether (sulfide) groups is 2. The van der Waals surface area contributed by atoms with Crippen molar-refractivity contribution in [2.45, 2.75) is 18.6 Å². The molecular weight excluding hydrogens is 303 g/mol. The van der Waals surface area contributed by atoms with Gasteiger partial charge in [0, 0.05) is 18.1 Å². The fourth-order valence-corrected chi connectivity index (χ4v) is 3.43. The highest BCUT2D eigenvalue weighted by molar-refractivity contribution is 8.00. The predicted octanol–water partition coefficient (Wildman–Crippen LogP) is 1.70.